The molecule has 0 radical (unpaired) electrons. The predicted octanol–water partition coefficient (Wildman–Crippen LogP) is 2.52. The number of H-pyrrole nitrogens is 1. The number of nitrogens with one attached hydrogen (secondary N) is 2. The molecule has 2 aromatic rings. The first-order valence-corrected chi connectivity index (χ1v) is 8.56. The van der Waals surface area contributed by atoms with Crippen molar-refractivity contribution < 1.29 is 9.18 Å². The van der Waals surface area contributed by atoms with Crippen LogP contribution in [-0.2, 0) is 6.42 Å². The maximum atomic E-state index is 13.4. The third kappa shape index (κ3) is 2.93. The number of hydrogen-bond acceptors (Lipinski definition) is 4. The second kappa shape index (κ2) is 6.49. The third-order valence-electron chi connectivity index (χ3n) is 4.07. The molecule has 2 N–H and O–H groups in total. The Hall–Kier alpha value is -2.59. The minimum atomic E-state index is -0.567. The fourth-order valence-electron chi connectivity index (χ4n) is 2.89. The molecule has 1 aliphatic rings. The molecule has 122 valence electrons. The first kappa shape index (κ1) is 16.3. The largest absolute Gasteiger partial charge is 0.345 e. The number of aromatic amines is 1. The minimum Gasteiger partial charge on any atom is -0.345 e. The average molecular weight is 343 g/mol. The van der Waals surface area contributed by atoms with E-state index in [-0.39, 0.29) is 23.0 Å². The molecular formula is C17H14FN3O2S. The van der Waals surface area contributed by atoms with Gasteiger partial charge in [0.1, 0.15) is 17.4 Å². The molecule has 0 unspecified atom stereocenters. The molecule has 0 aliphatic heterocycles. The van der Waals surface area contributed by atoms with Gasteiger partial charge in [-0.2, -0.15) is 5.26 Å². The first-order chi connectivity index (χ1) is 11.5. The molecule has 0 spiro atoms. The summed E-state index contributed by atoms with van der Waals surface area (Å²) in [4.78, 5) is 27.1. The standard InChI is InChI=1S/C17H14FN3O2S/c1-24-17-10(8-19)6-13(16(23)21-17)15(22)20-14-5-3-9-2-4-11(18)7-12(9)14/h2,4,6-7,14H,3,5H2,1H3,(H,20,22)(H,21,23)/t14-/m0/s1. The summed E-state index contributed by atoms with van der Waals surface area (Å²) in [6.45, 7) is 0. The van der Waals surface area contributed by atoms with Crippen molar-refractivity contribution in [2.24, 2.45) is 0 Å². The highest BCUT2D eigenvalue weighted by molar-refractivity contribution is 7.98. The lowest BCUT2D eigenvalue weighted by Gasteiger charge is -2.14. The summed E-state index contributed by atoms with van der Waals surface area (Å²) in [6.07, 6.45) is 3.12. The number of thioether (sulfide) groups is 1. The van der Waals surface area contributed by atoms with E-state index in [0.717, 1.165) is 17.5 Å². The van der Waals surface area contributed by atoms with Crippen LogP contribution in [0.15, 0.2) is 34.1 Å². The molecular weight excluding hydrogens is 329 g/mol. The van der Waals surface area contributed by atoms with Crippen LogP contribution in [0.5, 0.6) is 0 Å². The smallest absolute Gasteiger partial charge is 0.261 e. The summed E-state index contributed by atoms with van der Waals surface area (Å²) in [6, 6.07) is 7.44. The number of pyridine rings is 1. The zero-order valence-corrected chi connectivity index (χ0v) is 13.7. The van der Waals surface area contributed by atoms with Crippen molar-refractivity contribution in [3.8, 4) is 6.07 Å². The van der Waals surface area contributed by atoms with Gasteiger partial charge in [-0.15, -0.1) is 11.8 Å². The van der Waals surface area contributed by atoms with Crippen molar-refractivity contribution in [1.29, 1.82) is 5.26 Å². The van der Waals surface area contributed by atoms with E-state index in [9.17, 15) is 14.0 Å². The summed E-state index contributed by atoms with van der Waals surface area (Å²) in [7, 11) is 0. The van der Waals surface area contributed by atoms with Gasteiger partial charge in [-0.25, -0.2) is 4.39 Å². The number of halogens is 1. The van der Waals surface area contributed by atoms with Crippen molar-refractivity contribution in [3.63, 3.8) is 0 Å². The third-order valence-corrected chi connectivity index (χ3v) is 4.80. The van der Waals surface area contributed by atoms with E-state index in [0.29, 0.717) is 11.4 Å². The normalized spacial score (nSPS) is 15.6. The molecule has 7 heteroatoms. The van der Waals surface area contributed by atoms with Crippen LogP contribution in [0.4, 0.5) is 4.39 Å². The molecule has 0 saturated heterocycles. The SMILES string of the molecule is CSc1[nH]c(=O)c(C(=O)N[C@H]2CCc3ccc(F)cc32)cc1C#N. The Kier molecular flexibility index (Phi) is 4.40. The van der Waals surface area contributed by atoms with Crippen molar-refractivity contribution >= 4 is 17.7 Å². The van der Waals surface area contributed by atoms with E-state index < -0.39 is 11.5 Å². The molecule has 0 bridgehead atoms. The molecule has 0 saturated carbocycles. The lowest BCUT2D eigenvalue weighted by Crippen LogP contribution is -2.32. The number of aromatic nitrogens is 1. The Balaban J connectivity index is 1.89. The number of nitrogens with zero attached hydrogens (tertiary/aromatic N) is 1. The summed E-state index contributed by atoms with van der Waals surface area (Å²) in [5, 5.41) is 12.3. The summed E-state index contributed by atoms with van der Waals surface area (Å²) in [5.41, 5.74) is 1.31. The molecule has 1 aromatic heterocycles. The lowest BCUT2D eigenvalue weighted by atomic mass is 10.1. The molecule has 3 rings (SSSR count). The van der Waals surface area contributed by atoms with Gasteiger partial charge >= 0.3 is 0 Å². The Morgan fingerprint density at radius 2 is 2.25 bits per heavy atom. The van der Waals surface area contributed by atoms with Gasteiger partial charge in [0, 0.05) is 0 Å². The first-order valence-electron chi connectivity index (χ1n) is 7.34. The minimum absolute atomic E-state index is 0.116. The van der Waals surface area contributed by atoms with E-state index >= 15 is 0 Å². The van der Waals surface area contributed by atoms with Gasteiger partial charge in [0.15, 0.2) is 0 Å². The van der Waals surface area contributed by atoms with Crippen molar-refractivity contribution in [1.82, 2.24) is 10.3 Å². The second-order valence-electron chi connectivity index (χ2n) is 5.48. The number of nitriles is 1. The van der Waals surface area contributed by atoms with Gasteiger partial charge in [-0.05, 0) is 48.4 Å². The van der Waals surface area contributed by atoms with E-state index in [1.54, 1.807) is 12.3 Å². The number of rotatable bonds is 3. The molecule has 5 nitrogen and oxygen atoms in total. The molecule has 24 heavy (non-hydrogen) atoms. The van der Waals surface area contributed by atoms with Crippen LogP contribution in [-0.4, -0.2) is 17.1 Å². The summed E-state index contributed by atoms with van der Waals surface area (Å²) < 4.78 is 13.4. The molecule has 1 amide bonds. The number of aryl methyl sites for hydroxylation is 1. The van der Waals surface area contributed by atoms with Crippen LogP contribution in [0.25, 0.3) is 0 Å². The second-order valence-corrected chi connectivity index (χ2v) is 6.30. The van der Waals surface area contributed by atoms with E-state index in [2.05, 4.69) is 10.3 Å². The number of benzene rings is 1. The Bertz CT molecular complexity index is 917. The molecule has 1 aromatic carbocycles. The van der Waals surface area contributed by atoms with E-state index in [4.69, 9.17) is 5.26 Å². The lowest BCUT2D eigenvalue weighted by molar-refractivity contribution is 0.0935. The fourth-order valence-corrected chi connectivity index (χ4v) is 3.40. The van der Waals surface area contributed by atoms with Crippen LogP contribution in [0.1, 0.15) is 39.5 Å². The fraction of sp³-hybridized carbons (Fsp3) is 0.235. The predicted molar refractivity (Wildman–Crippen MR) is 88.5 cm³/mol. The number of carbonyl (C=O) groups excluding carboxylic acids is 1. The molecule has 1 heterocycles. The molecule has 0 fully saturated rings. The maximum Gasteiger partial charge on any atom is 0.261 e. The van der Waals surface area contributed by atoms with Crippen molar-refractivity contribution in [3.05, 3.63) is 62.7 Å². The van der Waals surface area contributed by atoms with E-state index in [1.807, 2.05) is 6.07 Å². The average Bonchev–Trinajstić information content (AvgIpc) is 2.96. The number of fused-ring (bicyclic) bond motifs is 1. The van der Waals surface area contributed by atoms with Crippen molar-refractivity contribution in [2.45, 2.75) is 23.9 Å². The summed E-state index contributed by atoms with van der Waals surface area (Å²) in [5.74, 6) is -0.925. The van der Waals surface area contributed by atoms with Crippen LogP contribution in [0.2, 0.25) is 0 Å². The molecule has 1 atom stereocenters. The number of hydrogen-bond donors (Lipinski definition) is 2. The number of carbonyl (C=O) groups is 1. The molecule has 1 aliphatic carbocycles. The summed E-state index contributed by atoms with van der Waals surface area (Å²) >= 11 is 1.23. The van der Waals surface area contributed by atoms with Gasteiger partial charge in [0.05, 0.1) is 16.6 Å². The van der Waals surface area contributed by atoms with Gasteiger partial charge < -0.3 is 10.3 Å². The zero-order valence-electron chi connectivity index (χ0n) is 12.9. The van der Waals surface area contributed by atoms with Crippen molar-refractivity contribution in [2.75, 3.05) is 6.26 Å². The number of amides is 1. The maximum absolute atomic E-state index is 13.4. The van der Waals surface area contributed by atoms with Crippen LogP contribution in [0, 0.1) is 17.1 Å². The van der Waals surface area contributed by atoms with Crippen LogP contribution < -0.4 is 10.9 Å². The Labute approximate surface area is 141 Å². The van der Waals surface area contributed by atoms with Crippen LogP contribution in [0.3, 0.4) is 0 Å². The highest BCUT2D eigenvalue weighted by Gasteiger charge is 2.26. The monoisotopic (exact) mass is 343 g/mol. The van der Waals surface area contributed by atoms with Gasteiger partial charge in [0.25, 0.3) is 11.5 Å². The van der Waals surface area contributed by atoms with Gasteiger partial charge in [0.2, 0.25) is 0 Å². The topological polar surface area (TPSA) is 85.8 Å². The highest BCUT2D eigenvalue weighted by atomic mass is 32.2. The van der Waals surface area contributed by atoms with Gasteiger partial charge in [-0.1, -0.05) is 6.07 Å². The Morgan fingerprint density at radius 1 is 1.46 bits per heavy atom. The van der Waals surface area contributed by atoms with E-state index in [1.165, 1.54) is 30.0 Å². The highest BCUT2D eigenvalue weighted by Crippen LogP contribution is 2.31. The zero-order chi connectivity index (χ0) is 17.3. The van der Waals surface area contributed by atoms with Crippen LogP contribution >= 0.6 is 11.8 Å². The Morgan fingerprint density at radius 3 is 2.96 bits per heavy atom. The van der Waals surface area contributed by atoms with Gasteiger partial charge in [-0.3, -0.25) is 9.59 Å². The quantitative estimate of drug-likeness (QED) is 0.839.